The molecule has 216 valence electrons. The lowest BCUT2D eigenvalue weighted by molar-refractivity contribution is -0.384. The number of hydrogen-bond acceptors (Lipinski definition) is 7. The summed E-state index contributed by atoms with van der Waals surface area (Å²) in [6, 6.07) is 13.0. The third kappa shape index (κ3) is 7.50. The summed E-state index contributed by atoms with van der Waals surface area (Å²) in [4.78, 5) is 38.2. The number of carbonyl (C=O) groups is 1. The first-order valence-corrected chi connectivity index (χ1v) is 13.1. The molecule has 1 amide bonds. The lowest BCUT2D eigenvalue weighted by Gasteiger charge is -2.20. The number of H-pyrrole nitrogens is 2. The number of rotatable bonds is 6. The van der Waals surface area contributed by atoms with Crippen molar-refractivity contribution in [2.75, 3.05) is 13.2 Å². The number of benzene rings is 2. The highest BCUT2D eigenvalue weighted by atomic mass is 16.6. The number of ether oxygens (including phenoxy) is 1. The Bertz CT molecular complexity index is 1550. The number of nitrogens with zero attached hydrogens (tertiary/aromatic N) is 2. The SMILES string of the molecule is CC(C)(C(N)=O)c1cc2cc([N+](=O)[O-])ccc2[nH]1.CC(C)(CN)c1cc2cc([N+](=O)[O-])ccc2[nH]1.[B]C1CCCO1. The van der Waals surface area contributed by atoms with Crippen molar-refractivity contribution in [1.29, 1.82) is 0 Å². The summed E-state index contributed by atoms with van der Waals surface area (Å²) in [5, 5.41) is 22.9. The molecule has 1 fully saturated rings. The average molecular weight is 562 g/mol. The van der Waals surface area contributed by atoms with Crippen LogP contribution in [0.1, 0.15) is 51.9 Å². The first-order chi connectivity index (χ1) is 19.1. The number of nitrogens with two attached hydrogens (primary N) is 2. The molecule has 2 aromatic heterocycles. The van der Waals surface area contributed by atoms with Crippen molar-refractivity contribution in [3.63, 3.8) is 0 Å². The van der Waals surface area contributed by atoms with Crippen LogP contribution in [0.3, 0.4) is 0 Å². The second kappa shape index (κ2) is 12.5. The summed E-state index contributed by atoms with van der Waals surface area (Å²) in [7, 11) is 5.31. The van der Waals surface area contributed by atoms with Gasteiger partial charge in [-0.1, -0.05) is 13.8 Å². The van der Waals surface area contributed by atoms with Crippen molar-refractivity contribution in [3.8, 4) is 0 Å². The second-order valence-corrected chi connectivity index (χ2v) is 11.1. The van der Waals surface area contributed by atoms with Gasteiger partial charge in [0.1, 0.15) is 7.85 Å². The minimum atomic E-state index is -0.839. The molecule has 13 heteroatoms. The zero-order valence-electron chi connectivity index (χ0n) is 23.6. The molecule has 3 heterocycles. The van der Waals surface area contributed by atoms with Crippen molar-refractivity contribution >= 4 is 46.9 Å². The normalized spacial score (nSPS) is 15.1. The Morgan fingerprint density at radius 2 is 1.44 bits per heavy atom. The van der Waals surface area contributed by atoms with Crippen LogP contribution in [0.2, 0.25) is 0 Å². The van der Waals surface area contributed by atoms with Crippen LogP contribution in [0, 0.1) is 20.2 Å². The van der Waals surface area contributed by atoms with Gasteiger partial charge in [-0.25, -0.2) is 0 Å². The maximum absolute atomic E-state index is 11.4. The molecule has 1 unspecified atom stereocenters. The summed E-state index contributed by atoms with van der Waals surface area (Å²) < 4.78 is 4.93. The predicted molar refractivity (Wildman–Crippen MR) is 159 cm³/mol. The maximum atomic E-state index is 11.4. The molecule has 12 nitrogen and oxygen atoms in total. The number of nitro groups is 2. The third-order valence-electron chi connectivity index (χ3n) is 7.12. The fourth-order valence-corrected chi connectivity index (χ4v) is 4.01. The van der Waals surface area contributed by atoms with Gasteiger partial charge in [-0.05, 0) is 51.0 Å². The largest absolute Gasteiger partial charge is 0.388 e. The Morgan fingerprint density at radius 1 is 0.951 bits per heavy atom. The van der Waals surface area contributed by atoms with Gasteiger partial charge in [-0.15, -0.1) is 0 Å². The van der Waals surface area contributed by atoms with Gasteiger partial charge in [0.25, 0.3) is 11.4 Å². The van der Waals surface area contributed by atoms with Crippen molar-refractivity contribution < 1.29 is 19.4 Å². The van der Waals surface area contributed by atoms with E-state index in [1.807, 2.05) is 19.9 Å². The molecular weight excluding hydrogens is 527 g/mol. The highest BCUT2D eigenvalue weighted by molar-refractivity contribution is 6.11. The predicted octanol–water partition coefficient (Wildman–Crippen LogP) is 4.44. The number of primary amides is 1. The van der Waals surface area contributed by atoms with E-state index in [0.29, 0.717) is 17.6 Å². The Morgan fingerprint density at radius 3 is 1.80 bits per heavy atom. The smallest absolute Gasteiger partial charge is 0.270 e. The van der Waals surface area contributed by atoms with Crippen molar-refractivity contribution in [2.24, 2.45) is 11.5 Å². The van der Waals surface area contributed by atoms with E-state index >= 15 is 0 Å². The van der Waals surface area contributed by atoms with E-state index in [-0.39, 0.29) is 27.7 Å². The van der Waals surface area contributed by atoms with Crippen LogP contribution in [-0.4, -0.2) is 52.7 Å². The van der Waals surface area contributed by atoms with E-state index < -0.39 is 16.2 Å². The van der Waals surface area contributed by atoms with E-state index in [1.54, 1.807) is 38.1 Å². The lowest BCUT2D eigenvalue weighted by atomic mass is 9.89. The van der Waals surface area contributed by atoms with E-state index in [9.17, 15) is 25.0 Å². The molecule has 1 atom stereocenters. The van der Waals surface area contributed by atoms with Crippen LogP contribution in [0.4, 0.5) is 11.4 Å². The lowest BCUT2D eigenvalue weighted by Crippen LogP contribution is -2.35. The molecular formula is C28H35BN6O6. The topological polar surface area (TPSA) is 196 Å². The van der Waals surface area contributed by atoms with E-state index in [0.717, 1.165) is 41.6 Å². The molecule has 5 rings (SSSR count). The van der Waals surface area contributed by atoms with E-state index in [1.165, 1.54) is 18.2 Å². The molecule has 0 aliphatic carbocycles. The molecule has 0 bridgehead atoms. The van der Waals surface area contributed by atoms with E-state index in [4.69, 9.17) is 24.1 Å². The molecule has 6 N–H and O–H groups in total. The average Bonchev–Trinajstić information content (AvgIpc) is 3.67. The zero-order valence-corrected chi connectivity index (χ0v) is 23.6. The number of carbonyl (C=O) groups excluding carboxylic acids is 1. The first-order valence-electron chi connectivity index (χ1n) is 13.1. The van der Waals surface area contributed by atoms with Crippen LogP contribution in [-0.2, 0) is 20.4 Å². The van der Waals surface area contributed by atoms with Gasteiger partial charge >= 0.3 is 0 Å². The molecule has 1 aliphatic rings. The van der Waals surface area contributed by atoms with Crippen LogP contribution >= 0.6 is 0 Å². The quantitative estimate of drug-likeness (QED) is 0.151. The van der Waals surface area contributed by atoms with Crippen molar-refractivity contribution in [1.82, 2.24) is 9.97 Å². The minimum absolute atomic E-state index is 0.0185. The highest BCUT2D eigenvalue weighted by Crippen LogP contribution is 2.29. The van der Waals surface area contributed by atoms with Gasteiger partial charge < -0.3 is 26.2 Å². The number of nitrogens with one attached hydrogen (secondary N) is 2. The number of hydrogen-bond donors (Lipinski definition) is 4. The molecule has 1 aliphatic heterocycles. The number of non-ortho nitro benzene ring substituents is 2. The monoisotopic (exact) mass is 562 g/mol. The van der Waals surface area contributed by atoms with Gasteiger partial charge in [0.2, 0.25) is 5.91 Å². The van der Waals surface area contributed by atoms with Crippen molar-refractivity contribution in [3.05, 3.63) is 80.1 Å². The van der Waals surface area contributed by atoms with Gasteiger partial charge in [0.05, 0.1) is 15.3 Å². The zero-order chi connectivity index (χ0) is 30.5. The van der Waals surface area contributed by atoms with Gasteiger partial charge in [-0.3, -0.25) is 25.0 Å². The Hall–Kier alpha value is -4.23. The molecule has 41 heavy (non-hydrogen) atoms. The number of aromatic amines is 2. The number of fused-ring (bicyclic) bond motifs is 2. The summed E-state index contributed by atoms with van der Waals surface area (Å²) in [6.45, 7) is 8.85. The molecule has 2 aromatic carbocycles. The molecule has 0 saturated carbocycles. The maximum Gasteiger partial charge on any atom is 0.270 e. The van der Waals surface area contributed by atoms with Gasteiger partial charge in [-0.2, -0.15) is 0 Å². The van der Waals surface area contributed by atoms with E-state index in [2.05, 4.69) is 9.97 Å². The number of amides is 1. The first kappa shape index (κ1) is 31.3. The van der Waals surface area contributed by atoms with Crippen LogP contribution in [0.25, 0.3) is 21.8 Å². The second-order valence-electron chi connectivity index (χ2n) is 11.1. The molecule has 4 aromatic rings. The Balaban J connectivity index is 0.000000188. The Kier molecular flexibility index (Phi) is 9.56. The summed E-state index contributed by atoms with van der Waals surface area (Å²) in [6.07, 6.45) is 2.18. The minimum Gasteiger partial charge on any atom is -0.388 e. The third-order valence-corrected chi connectivity index (χ3v) is 7.12. The van der Waals surface area contributed by atoms with Crippen molar-refractivity contribution in [2.45, 2.75) is 57.4 Å². The molecule has 0 spiro atoms. The number of nitro benzene ring substituents is 2. The van der Waals surface area contributed by atoms with Crippen LogP contribution in [0.15, 0.2) is 48.5 Å². The summed E-state index contributed by atoms with van der Waals surface area (Å²) >= 11 is 0. The van der Waals surface area contributed by atoms with Crippen LogP contribution < -0.4 is 11.5 Å². The standard InChI is InChI=1S/C12H13N3O3.C12H15N3O2.C4H7BO/c1-12(2,11(13)16)10-6-7-5-8(15(17)18)3-4-9(7)14-10;1-12(2,7-13)11-6-8-5-9(15(16)17)3-4-10(8)14-11;5-4-2-1-3-6-4/h3-6,14H,1-2H3,(H2,13,16);3-6,14H,7,13H2,1-2H3;4H,1-3H2. The number of aromatic nitrogens is 2. The highest BCUT2D eigenvalue weighted by Gasteiger charge is 2.29. The fourth-order valence-electron chi connectivity index (χ4n) is 4.01. The van der Waals surface area contributed by atoms with Gasteiger partial charge in [0.15, 0.2) is 0 Å². The van der Waals surface area contributed by atoms with Crippen LogP contribution in [0.5, 0.6) is 0 Å². The van der Waals surface area contributed by atoms with Gasteiger partial charge in [0, 0.05) is 82.0 Å². The summed E-state index contributed by atoms with van der Waals surface area (Å²) in [5.41, 5.74) is 13.4. The molecule has 1 saturated heterocycles. The Labute approximate surface area is 238 Å². The molecule has 2 radical (unpaired) electrons. The fraction of sp³-hybridized carbons (Fsp3) is 0.393. The summed E-state index contributed by atoms with van der Waals surface area (Å²) in [5.74, 6) is -0.455.